The van der Waals surface area contributed by atoms with Crippen LogP contribution in [-0.2, 0) is 14.3 Å². The molecule has 7 heteroatoms. The Morgan fingerprint density at radius 3 is 2.71 bits per heavy atom. The number of anilines is 1. The molecule has 0 saturated carbocycles. The predicted octanol–water partition coefficient (Wildman–Crippen LogP) is -0.318. The van der Waals surface area contributed by atoms with Crippen molar-refractivity contribution in [2.24, 2.45) is 5.73 Å². The van der Waals surface area contributed by atoms with Gasteiger partial charge in [-0.15, -0.1) is 0 Å². The summed E-state index contributed by atoms with van der Waals surface area (Å²) in [6, 6.07) is 1.31. The van der Waals surface area contributed by atoms with E-state index >= 15 is 0 Å². The molecule has 0 bridgehead atoms. The number of nitrogens with zero attached hydrogens (tertiary/aromatic N) is 1. The number of rotatable bonds is 3. The molecule has 0 aliphatic heterocycles. The van der Waals surface area contributed by atoms with Crippen molar-refractivity contribution in [3.05, 3.63) is 24.0 Å². The number of primary amides is 1. The van der Waals surface area contributed by atoms with Crippen LogP contribution in [0.25, 0.3) is 0 Å². The Labute approximate surface area is 97.0 Å². The zero-order chi connectivity index (χ0) is 12.8. The molecule has 0 aliphatic carbocycles. The van der Waals surface area contributed by atoms with E-state index in [0.717, 1.165) is 0 Å². The van der Waals surface area contributed by atoms with Crippen LogP contribution >= 0.6 is 0 Å². The molecule has 0 radical (unpaired) electrons. The van der Waals surface area contributed by atoms with Crippen LogP contribution in [0.4, 0.5) is 5.69 Å². The van der Waals surface area contributed by atoms with Gasteiger partial charge >= 0.3 is 11.9 Å². The SMILES string of the molecule is CCOC(=O)C(=O)Nc1cncc(C(N)=O)c1. The highest BCUT2D eigenvalue weighted by Crippen LogP contribution is 2.07. The Morgan fingerprint density at radius 1 is 1.41 bits per heavy atom. The second-order valence-corrected chi connectivity index (χ2v) is 3.00. The van der Waals surface area contributed by atoms with Crippen molar-refractivity contribution >= 4 is 23.5 Å². The number of carbonyl (C=O) groups excluding carboxylic acids is 3. The molecular formula is C10H11N3O4. The van der Waals surface area contributed by atoms with Crippen LogP contribution in [0.1, 0.15) is 17.3 Å². The third-order valence-corrected chi connectivity index (χ3v) is 1.74. The molecule has 0 atom stereocenters. The van der Waals surface area contributed by atoms with E-state index in [0.29, 0.717) is 0 Å². The van der Waals surface area contributed by atoms with E-state index in [4.69, 9.17) is 5.73 Å². The molecule has 3 N–H and O–H groups in total. The van der Waals surface area contributed by atoms with Gasteiger partial charge in [0.1, 0.15) is 0 Å². The topological polar surface area (TPSA) is 111 Å². The van der Waals surface area contributed by atoms with Gasteiger partial charge in [-0.2, -0.15) is 0 Å². The van der Waals surface area contributed by atoms with Crippen molar-refractivity contribution < 1.29 is 19.1 Å². The molecule has 0 aliphatic rings. The summed E-state index contributed by atoms with van der Waals surface area (Å²) in [6.45, 7) is 1.69. The summed E-state index contributed by atoms with van der Waals surface area (Å²) < 4.78 is 4.49. The van der Waals surface area contributed by atoms with E-state index in [9.17, 15) is 14.4 Å². The maximum absolute atomic E-state index is 11.3. The normalized spacial score (nSPS) is 9.47. The fraction of sp³-hybridized carbons (Fsp3) is 0.200. The molecule has 90 valence electrons. The zero-order valence-electron chi connectivity index (χ0n) is 9.10. The van der Waals surface area contributed by atoms with Gasteiger partial charge in [-0.3, -0.25) is 14.6 Å². The van der Waals surface area contributed by atoms with Crippen molar-refractivity contribution in [1.29, 1.82) is 0 Å². The van der Waals surface area contributed by atoms with E-state index in [1.807, 2.05) is 0 Å². The summed E-state index contributed by atoms with van der Waals surface area (Å²) in [7, 11) is 0. The van der Waals surface area contributed by atoms with Gasteiger partial charge in [0, 0.05) is 6.20 Å². The molecule has 2 amide bonds. The molecular weight excluding hydrogens is 226 g/mol. The lowest BCUT2D eigenvalue weighted by Crippen LogP contribution is -2.25. The average molecular weight is 237 g/mol. The Morgan fingerprint density at radius 2 is 2.12 bits per heavy atom. The van der Waals surface area contributed by atoms with Crippen molar-refractivity contribution in [1.82, 2.24) is 4.98 Å². The fourth-order valence-corrected chi connectivity index (χ4v) is 1.02. The number of aromatic nitrogens is 1. The lowest BCUT2D eigenvalue weighted by atomic mass is 10.2. The third kappa shape index (κ3) is 3.56. The standard InChI is InChI=1S/C10H11N3O4/c1-2-17-10(16)9(15)13-7-3-6(8(11)14)4-12-5-7/h3-5H,2H2,1H3,(H2,11,14)(H,13,15). The largest absolute Gasteiger partial charge is 0.459 e. The van der Waals surface area contributed by atoms with Gasteiger partial charge in [-0.1, -0.05) is 0 Å². The average Bonchev–Trinajstić information content (AvgIpc) is 2.29. The summed E-state index contributed by atoms with van der Waals surface area (Å²) in [5.74, 6) is -2.61. The van der Waals surface area contributed by atoms with Crippen LogP contribution in [0.5, 0.6) is 0 Å². The summed E-state index contributed by atoms with van der Waals surface area (Å²) in [6.07, 6.45) is 2.53. The molecule has 0 aromatic carbocycles. The van der Waals surface area contributed by atoms with Gasteiger partial charge in [0.2, 0.25) is 5.91 Å². The second-order valence-electron chi connectivity index (χ2n) is 3.00. The maximum atomic E-state index is 11.3. The first kappa shape index (κ1) is 12.6. The van der Waals surface area contributed by atoms with Crippen molar-refractivity contribution in [2.45, 2.75) is 6.92 Å². The minimum absolute atomic E-state index is 0.103. The summed E-state index contributed by atoms with van der Waals surface area (Å²) in [4.78, 5) is 36.8. The van der Waals surface area contributed by atoms with Gasteiger partial charge in [-0.25, -0.2) is 4.79 Å². The Kier molecular flexibility index (Phi) is 4.15. The van der Waals surface area contributed by atoms with Gasteiger partial charge in [-0.05, 0) is 13.0 Å². The Bertz CT molecular complexity index is 459. The maximum Gasteiger partial charge on any atom is 0.397 e. The molecule has 17 heavy (non-hydrogen) atoms. The van der Waals surface area contributed by atoms with Crippen molar-refractivity contribution in [3.63, 3.8) is 0 Å². The number of nitrogens with one attached hydrogen (secondary N) is 1. The monoisotopic (exact) mass is 237 g/mol. The highest BCUT2D eigenvalue weighted by atomic mass is 16.5. The second kappa shape index (κ2) is 5.59. The number of hydrogen-bond donors (Lipinski definition) is 2. The van der Waals surface area contributed by atoms with Gasteiger partial charge in [0.25, 0.3) is 0 Å². The van der Waals surface area contributed by atoms with Gasteiger partial charge in [0.15, 0.2) is 0 Å². The van der Waals surface area contributed by atoms with Crippen LogP contribution in [0.3, 0.4) is 0 Å². The first-order valence-electron chi connectivity index (χ1n) is 4.77. The Hall–Kier alpha value is -2.44. The number of ether oxygens (including phenoxy) is 1. The summed E-state index contributed by atoms with van der Waals surface area (Å²) in [5, 5.41) is 2.24. The molecule has 0 unspecified atom stereocenters. The van der Waals surface area contributed by atoms with Crippen LogP contribution in [-0.4, -0.2) is 29.4 Å². The van der Waals surface area contributed by atoms with Crippen LogP contribution in [0.2, 0.25) is 0 Å². The molecule has 1 aromatic heterocycles. The van der Waals surface area contributed by atoms with E-state index < -0.39 is 17.8 Å². The van der Waals surface area contributed by atoms with Crippen LogP contribution in [0, 0.1) is 0 Å². The lowest BCUT2D eigenvalue weighted by molar-refractivity contribution is -0.152. The van der Waals surface area contributed by atoms with E-state index in [2.05, 4.69) is 15.0 Å². The molecule has 0 saturated heterocycles. The third-order valence-electron chi connectivity index (χ3n) is 1.74. The number of esters is 1. The van der Waals surface area contributed by atoms with E-state index in [1.54, 1.807) is 6.92 Å². The number of nitrogens with two attached hydrogens (primary N) is 1. The van der Waals surface area contributed by atoms with Crippen LogP contribution < -0.4 is 11.1 Å². The van der Waals surface area contributed by atoms with Crippen LogP contribution in [0.15, 0.2) is 18.5 Å². The highest BCUT2D eigenvalue weighted by molar-refractivity contribution is 6.37. The number of amides is 2. The summed E-state index contributed by atoms with van der Waals surface area (Å²) >= 11 is 0. The quantitative estimate of drug-likeness (QED) is 0.552. The molecule has 1 heterocycles. The van der Waals surface area contributed by atoms with Crippen molar-refractivity contribution in [2.75, 3.05) is 11.9 Å². The number of carbonyl (C=O) groups is 3. The first-order chi connectivity index (χ1) is 8.04. The minimum Gasteiger partial charge on any atom is -0.459 e. The van der Waals surface area contributed by atoms with E-state index in [1.165, 1.54) is 18.5 Å². The predicted molar refractivity (Wildman–Crippen MR) is 58.0 cm³/mol. The van der Waals surface area contributed by atoms with E-state index in [-0.39, 0.29) is 17.9 Å². The molecule has 7 nitrogen and oxygen atoms in total. The van der Waals surface area contributed by atoms with Crippen molar-refractivity contribution in [3.8, 4) is 0 Å². The highest BCUT2D eigenvalue weighted by Gasteiger charge is 2.15. The molecule has 1 aromatic rings. The summed E-state index contributed by atoms with van der Waals surface area (Å²) in [5.41, 5.74) is 5.36. The first-order valence-corrected chi connectivity index (χ1v) is 4.77. The molecule has 1 rings (SSSR count). The zero-order valence-corrected chi connectivity index (χ0v) is 9.10. The smallest absolute Gasteiger partial charge is 0.397 e. The minimum atomic E-state index is -1.00. The molecule has 0 spiro atoms. The number of pyridine rings is 1. The van der Waals surface area contributed by atoms with Gasteiger partial charge < -0.3 is 15.8 Å². The fourth-order valence-electron chi connectivity index (χ4n) is 1.02. The van der Waals surface area contributed by atoms with Gasteiger partial charge in [0.05, 0.1) is 24.1 Å². The number of hydrogen-bond acceptors (Lipinski definition) is 5. The molecule has 0 fully saturated rings. The Balaban J connectivity index is 2.75. The lowest BCUT2D eigenvalue weighted by Gasteiger charge is -2.04.